The third-order valence-electron chi connectivity index (χ3n) is 6.15. The van der Waals surface area contributed by atoms with Crippen molar-refractivity contribution in [3.63, 3.8) is 0 Å². The molecule has 3 fully saturated rings. The average Bonchev–Trinajstić information content (AvgIpc) is 3.49. The van der Waals surface area contributed by atoms with Crippen molar-refractivity contribution in [2.45, 2.75) is 63.5 Å². The van der Waals surface area contributed by atoms with E-state index in [9.17, 15) is 10.1 Å². The summed E-state index contributed by atoms with van der Waals surface area (Å²) in [6, 6.07) is 6.48. The van der Waals surface area contributed by atoms with Gasteiger partial charge in [-0.05, 0) is 64.0 Å². The highest BCUT2D eigenvalue weighted by Gasteiger charge is 2.41. The lowest BCUT2D eigenvalue weighted by molar-refractivity contribution is -0.0299. The van der Waals surface area contributed by atoms with Gasteiger partial charge in [-0.2, -0.15) is 5.26 Å². The van der Waals surface area contributed by atoms with Gasteiger partial charge in [-0.3, -0.25) is 0 Å². The van der Waals surface area contributed by atoms with Crippen molar-refractivity contribution in [1.29, 1.82) is 5.26 Å². The Bertz CT molecular complexity index is 803. The number of pyridine rings is 1. The van der Waals surface area contributed by atoms with Crippen LogP contribution in [0.15, 0.2) is 18.3 Å². The number of nitrogens with zero attached hydrogens (tertiary/aromatic N) is 4. The Balaban J connectivity index is 1.46. The first-order chi connectivity index (χ1) is 14.3. The Morgan fingerprint density at radius 1 is 1.37 bits per heavy atom. The van der Waals surface area contributed by atoms with Crippen LogP contribution in [0.25, 0.3) is 0 Å². The number of carbonyl (C=O) groups excluding carboxylic acids is 1. The van der Waals surface area contributed by atoms with Crippen LogP contribution in [0, 0.1) is 17.2 Å². The predicted molar refractivity (Wildman–Crippen MR) is 113 cm³/mol. The minimum atomic E-state index is -0.548. The summed E-state index contributed by atoms with van der Waals surface area (Å²) in [6.45, 7) is 9.07. The summed E-state index contributed by atoms with van der Waals surface area (Å²) in [5, 5.41) is 9.50. The van der Waals surface area contributed by atoms with Crippen LogP contribution in [-0.2, 0) is 14.9 Å². The van der Waals surface area contributed by atoms with E-state index in [2.05, 4.69) is 16.0 Å². The number of nitriles is 1. The second kappa shape index (κ2) is 8.07. The molecule has 1 aromatic heterocycles. The van der Waals surface area contributed by atoms with E-state index in [1.54, 1.807) is 6.20 Å². The monoisotopic (exact) mass is 412 g/mol. The Morgan fingerprint density at radius 2 is 2.13 bits per heavy atom. The van der Waals surface area contributed by atoms with Crippen LogP contribution in [0.2, 0.25) is 0 Å². The van der Waals surface area contributed by atoms with Gasteiger partial charge in [0.05, 0.1) is 25.3 Å². The second-order valence-electron chi connectivity index (χ2n) is 9.91. The fourth-order valence-corrected chi connectivity index (χ4v) is 4.15. The van der Waals surface area contributed by atoms with Crippen molar-refractivity contribution >= 4 is 11.9 Å². The van der Waals surface area contributed by atoms with Crippen LogP contribution in [0.3, 0.4) is 0 Å². The van der Waals surface area contributed by atoms with Crippen molar-refractivity contribution in [3.05, 3.63) is 23.9 Å². The number of aromatic nitrogens is 1. The van der Waals surface area contributed by atoms with Crippen molar-refractivity contribution in [2.75, 3.05) is 37.7 Å². The first-order valence-electron chi connectivity index (χ1n) is 11.0. The maximum absolute atomic E-state index is 12.9. The quantitative estimate of drug-likeness (QED) is 0.737. The zero-order valence-corrected chi connectivity index (χ0v) is 18.3. The maximum Gasteiger partial charge on any atom is 0.410 e. The molecule has 3 aliphatic rings. The summed E-state index contributed by atoms with van der Waals surface area (Å²) < 4.78 is 11.0. The van der Waals surface area contributed by atoms with Crippen LogP contribution < -0.4 is 4.90 Å². The number of ether oxygens (including phenoxy) is 2. The highest BCUT2D eigenvalue weighted by atomic mass is 16.6. The molecule has 0 N–H and O–H groups in total. The topological polar surface area (TPSA) is 78.7 Å². The van der Waals surface area contributed by atoms with Crippen LogP contribution in [0.1, 0.15) is 52.0 Å². The van der Waals surface area contributed by atoms with Gasteiger partial charge in [-0.25, -0.2) is 9.78 Å². The van der Waals surface area contributed by atoms with Crippen molar-refractivity contribution < 1.29 is 14.3 Å². The summed E-state index contributed by atoms with van der Waals surface area (Å²) in [5.74, 6) is 1.50. The zero-order chi connectivity index (χ0) is 21.4. The summed E-state index contributed by atoms with van der Waals surface area (Å²) in [7, 11) is 0. The normalized spacial score (nSPS) is 23.3. The van der Waals surface area contributed by atoms with Gasteiger partial charge in [0.25, 0.3) is 0 Å². The molecule has 1 aliphatic carbocycles. The molecule has 1 amide bonds. The highest BCUT2D eigenvalue weighted by molar-refractivity contribution is 5.69. The molecule has 0 bridgehead atoms. The van der Waals surface area contributed by atoms with Gasteiger partial charge < -0.3 is 19.3 Å². The highest BCUT2D eigenvalue weighted by Crippen LogP contribution is 2.34. The number of piperidine rings is 1. The SMILES string of the molecule is CC(C)(C)OC(=O)N(CC1CC1)[C@@H]1CCCN(c2ccc(C3(C#N)COC3)cn2)C1. The van der Waals surface area contributed by atoms with Gasteiger partial charge in [-0.15, -0.1) is 0 Å². The third kappa shape index (κ3) is 4.54. The molecule has 0 aromatic carbocycles. The molecular weight excluding hydrogens is 380 g/mol. The fourth-order valence-electron chi connectivity index (χ4n) is 4.15. The van der Waals surface area contributed by atoms with Crippen LogP contribution in [0.5, 0.6) is 0 Å². The second-order valence-corrected chi connectivity index (χ2v) is 9.91. The van der Waals surface area contributed by atoms with E-state index in [0.717, 1.165) is 43.9 Å². The van der Waals surface area contributed by atoms with E-state index in [4.69, 9.17) is 9.47 Å². The number of anilines is 1. The van der Waals surface area contributed by atoms with Crippen LogP contribution in [-0.4, -0.2) is 60.5 Å². The van der Waals surface area contributed by atoms with E-state index in [-0.39, 0.29) is 12.1 Å². The van der Waals surface area contributed by atoms with Gasteiger partial charge in [-0.1, -0.05) is 6.07 Å². The molecular formula is C23H32N4O3. The minimum absolute atomic E-state index is 0.126. The fraction of sp³-hybridized carbons (Fsp3) is 0.696. The molecule has 30 heavy (non-hydrogen) atoms. The van der Waals surface area contributed by atoms with Crippen molar-refractivity contribution in [3.8, 4) is 6.07 Å². The Morgan fingerprint density at radius 3 is 2.67 bits per heavy atom. The lowest BCUT2D eigenvalue weighted by Crippen LogP contribution is -2.52. The van der Waals surface area contributed by atoms with Crippen LogP contribution in [0.4, 0.5) is 10.6 Å². The Hall–Kier alpha value is -2.33. The van der Waals surface area contributed by atoms with E-state index in [1.807, 2.05) is 37.8 Å². The molecule has 2 saturated heterocycles. The van der Waals surface area contributed by atoms with E-state index in [0.29, 0.717) is 19.1 Å². The molecule has 162 valence electrons. The summed E-state index contributed by atoms with van der Waals surface area (Å²) in [6.07, 6.45) is 5.99. The molecule has 7 heteroatoms. The predicted octanol–water partition coefficient (Wildman–Crippen LogP) is 3.49. The van der Waals surface area contributed by atoms with E-state index < -0.39 is 11.0 Å². The summed E-state index contributed by atoms with van der Waals surface area (Å²) in [5.41, 5.74) is -0.127. The number of amides is 1. The first kappa shape index (κ1) is 20.9. The molecule has 3 heterocycles. The molecule has 1 aromatic rings. The molecule has 4 rings (SSSR count). The van der Waals surface area contributed by atoms with Gasteiger partial charge in [0.15, 0.2) is 0 Å². The Kier molecular flexibility index (Phi) is 5.63. The number of rotatable bonds is 5. The van der Waals surface area contributed by atoms with Gasteiger partial charge >= 0.3 is 6.09 Å². The average molecular weight is 413 g/mol. The number of hydrogen-bond acceptors (Lipinski definition) is 6. The van der Waals surface area contributed by atoms with Crippen LogP contribution >= 0.6 is 0 Å². The molecule has 2 aliphatic heterocycles. The molecule has 1 atom stereocenters. The molecule has 7 nitrogen and oxygen atoms in total. The van der Waals surface area contributed by atoms with Gasteiger partial charge in [0.1, 0.15) is 16.8 Å². The third-order valence-corrected chi connectivity index (χ3v) is 6.15. The van der Waals surface area contributed by atoms with Crippen molar-refractivity contribution in [1.82, 2.24) is 9.88 Å². The largest absolute Gasteiger partial charge is 0.444 e. The molecule has 0 radical (unpaired) electrons. The van der Waals surface area contributed by atoms with E-state index >= 15 is 0 Å². The summed E-state index contributed by atoms with van der Waals surface area (Å²) >= 11 is 0. The standard InChI is InChI=1S/C23H32N4O3/c1-22(2,3)30-21(28)27(12-17-6-7-17)19-5-4-10-26(13-19)20-9-8-18(11-25-20)23(14-24)15-29-16-23/h8-9,11,17,19H,4-7,10,12-13,15-16H2,1-3H3/t19-/m1/s1. The smallest absolute Gasteiger partial charge is 0.410 e. The summed E-state index contributed by atoms with van der Waals surface area (Å²) in [4.78, 5) is 21.8. The first-order valence-corrected chi connectivity index (χ1v) is 11.0. The molecule has 1 saturated carbocycles. The number of carbonyl (C=O) groups is 1. The van der Waals surface area contributed by atoms with E-state index in [1.165, 1.54) is 12.8 Å². The molecule has 0 unspecified atom stereocenters. The maximum atomic E-state index is 12.9. The van der Waals surface area contributed by atoms with Gasteiger partial charge in [0.2, 0.25) is 0 Å². The zero-order valence-electron chi connectivity index (χ0n) is 18.3. The minimum Gasteiger partial charge on any atom is -0.444 e. The van der Waals surface area contributed by atoms with Gasteiger partial charge in [0, 0.05) is 25.8 Å². The molecule has 0 spiro atoms. The number of hydrogen-bond donors (Lipinski definition) is 0. The lowest BCUT2D eigenvalue weighted by Gasteiger charge is -2.40. The van der Waals surface area contributed by atoms with Crippen molar-refractivity contribution in [2.24, 2.45) is 5.92 Å². The Labute approximate surface area is 179 Å². The lowest BCUT2D eigenvalue weighted by atomic mass is 9.81.